The Morgan fingerprint density at radius 1 is 0.529 bits per heavy atom. The quantitative estimate of drug-likeness (QED) is 0.0136. The lowest BCUT2D eigenvalue weighted by Gasteiger charge is -2.34. The normalized spacial score (nSPS) is 15.8. The van der Waals surface area contributed by atoms with Crippen LogP contribution in [0.1, 0.15) is 232 Å². The fraction of sp³-hybridized carbons (Fsp3) is 0.845. The third-order valence-corrected chi connectivity index (χ3v) is 14.3. The van der Waals surface area contributed by atoms with Crippen LogP contribution >= 0.6 is 22.6 Å². The number of allylic oxidation sites excluding steroid dienone is 5. The second-order valence-electron chi connectivity index (χ2n) is 24.5. The summed E-state index contributed by atoms with van der Waals surface area (Å²) in [5, 5.41) is 10.9. The highest BCUT2D eigenvalue weighted by Crippen LogP contribution is 2.39. The number of aliphatic hydroxyl groups is 1. The first-order chi connectivity index (χ1) is 31.5. The van der Waals surface area contributed by atoms with Gasteiger partial charge in [-0.15, -0.1) is 0 Å². The summed E-state index contributed by atoms with van der Waals surface area (Å²) in [6, 6.07) is 0.381. The topological polar surface area (TPSA) is 151 Å². The number of hydrogen-bond acceptors (Lipinski definition) is 9. The first kappa shape index (κ1) is 66.2. The summed E-state index contributed by atoms with van der Waals surface area (Å²) in [5.41, 5.74) is 9.10. The molecule has 0 aromatic rings. The van der Waals surface area contributed by atoms with Crippen molar-refractivity contribution in [2.45, 2.75) is 257 Å². The smallest absolute Gasteiger partial charge is 0.312 e. The third-order valence-electron chi connectivity index (χ3n) is 13.2. The van der Waals surface area contributed by atoms with Gasteiger partial charge in [-0.3, -0.25) is 14.4 Å². The molecule has 0 rings (SSSR count). The molecule has 5 N–H and O–H groups in total. The molecule has 398 valence electrons. The van der Waals surface area contributed by atoms with E-state index in [0.717, 1.165) is 75.1 Å². The van der Waals surface area contributed by atoms with Gasteiger partial charge in [0.05, 0.1) is 22.3 Å². The lowest BCUT2D eigenvalue weighted by molar-refractivity contribution is -0.179. The molecule has 5 atom stereocenters. The highest BCUT2D eigenvalue weighted by atomic mass is 127. The Bertz CT molecular complexity index is 1500. The van der Waals surface area contributed by atoms with Gasteiger partial charge in [0, 0.05) is 16.5 Å². The third kappa shape index (κ3) is 30.2. The maximum absolute atomic E-state index is 14.1. The van der Waals surface area contributed by atoms with Gasteiger partial charge < -0.3 is 30.8 Å². The Balaban J connectivity index is 6.08. The summed E-state index contributed by atoms with van der Waals surface area (Å²) in [5.74, 6) is -1.04. The molecule has 0 spiro atoms. The van der Waals surface area contributed by atoms with Gasteiger partial charge >= 0.3 is 17.9 Å². The van der Waals surface area contributed by atoms with Gasteiger partial charge in [-0.05, 0) is 134 Å². The van der Waals surface area contributed by atoms with E-state index in [1.807, 2.05) is 47.6 Å². The lowest BCUT2D eigenvalue weighted by atomic mass is 9.74. The number of unbranched alkanes of at least 4 members (excludes halogenated alkanes) is 6. The summed E-state index contributed by atoms with van der Waals surface area (Å²) in [6.07, 6.45) is 30.8. The molecule has 0 fully saturated rings. The largest absolute Gasteiger partial charge is 0.461 e. The molecule has 0 aliphatic carbocycles. The number of carbonyl (C=O) groups excluding carboxylic acids is 3. The summed E-state index contributed by atoms with van der Waals surface area (Å²) in [7, 11) is 0. The van der Waals surface area contributed by atoms with Gasteiger partial charge in [0.2, 0.25) is 0 Å². The molecule has 0 aliphatic heterocycles. The van der Waals surface area contributed by atoms with Crippen molar-refractivity contribution in [2.24, 2.45) is 49.9 Å². The average Bonchev–Trinajstić information content (AvgIpc) is 3.22. The van der Waals surface area contributed by atoms with Crippen molar-refractivity contribution < 1.29 is 33.7 Å². The van der Waals surface area contributed by atoms with Gasteiger partial charge in [-0.1, -0.05) is 179 Å². The van der Waals surface area contributed by atoms with E-state index in [1.165, 1.54) is 32.1 Å². The van der Waals surface area contributed by atoms with E-state index in [-0.39, 0.29) is 47.5 Å². The second-order valence-corrected chi connectivity index (χ2v) is 25.3. The van der Waals surface area contributed by atoms with Crippen molar-refractivity contribution in [1.82, 2.24) is 0 Å². The maximum Gasteiger partial charge on any atom is 0.312 e. The Labute approximate surface area is 432 Å². The fourth-order valence-corrected chi connectivity index (χ4v) is 10.8. The van der Waals surface area contributed by atoms with E-state index >= 15 is 0 Å². The Hall–Kier alpha value is -1.76. The first-order valence-corrected chi connectivity index (χ1v) is 28.3. The predicted molar refractivity (Wildman–Crippen MR) is 296 cm³/mol. The van der Waals surface area contributed by atoms with Crippen LogP contribution in [-0.4, -0.2) is 64.9 Å². The van der Waals surface area contributed by atoms with Crippen LogP contribution in [0, 0.1) is 38.4 Å². The zero-order valence-corrected chi connectivity index (χ0v) is 48.7. The highest BCUT2D eigenvalue weighted by molar-refractivity contribution is 14.1. The molecule has 0 saturated carbocycles. The number of rotatable bonds is 39. The average molecular weight is 1070 g/mol. The molecule has 0 radical (unpaired) electrons. The molecule has 0 amide bonds. The standard InChI is InChI=1S/C58H107IN2O7/c1-16-19-22-30-45(39-59)49(62)35-29-38-55(8,9)43-57(12,13)51(64)67-41-48(68-52(65)58(14,15)44-54(6,7)37-28-26-34-47(61)32-24-21-18-3)40-66-50(63)56(10,11)42-53(4,5)36-27-25-33-46(60)31-23-20-17-2/h27-29,36-38,45-49,62H,16-26,30-35,39-44,60-61H2,1-15H3/b36-27+,37-28+,38-29+. The molecule has 0 saturated heterocycles. The van der Waals surface area contributed by atoms with Gasteiger partial charge in [0.25, 0.3) is 0 Å². The minimum Gasteiger partial charge on any atom is -0.461 e. The molecular weight excluding hydrogens is 964 g/mol. The first-order valence-electron chi connectivity index (χ1n) is 26.8. The summed E-state index contributed by atoms with van der Waals surface area (Å²) in [6.45, 7) is 29.9. The Kier molecular flexibility index (Phi) is 32.2. The lowest BCUT2D eigenvalue weighted by Crippen LogP contribution is -2.40. The van der Waals surface area contributed by atoms with Crippen molar-refractivity contribution in [1.29, 1.82) is 0 Å². The minimum atomic E-state index is -1.01. The minimum absolute atomic E-state index is 0.187. The van der Waals surface area contributed by atoms with Gasteiger partial charge in [0.15, 0.2) is 6.10 Å². The van der Waals surface area contributed by atoms with Crippen LogP contribution in [0.4, 0.5) is 0 Å². The van der Waals surface area contributed by atoms with Crippen LogP contribution in [-0.2, 0) is 28.6 Å². The molecule has 0 aliphatic rings. The Morgan fingerprint density at radius 3 is 1.25 bits per heavy atom. The molecule has 9 nitrogen and oxygen atoms in total. The van der Waals surface area contributed by atoms with E-state index in [1.54, 1.807) is 0 Å². The zero-order valence-electron chi connectivity index (χ0n) is 46.5. The van der Waals surface area contributed by atoms with E-state index in [9.17, 15) is 19.5 Å². The van der Waals surface area contributed by atoms with Crippen molar-refractivity contribution in [2.75, 3.05) is 17.6 Å². The molecule has 0 bridgehead atoms. The van der Waals surface area contributed by atoms with E-state index < -0.39 is 46.4 Å². The Morgan fingerprint density at radius 2 is 0.882 bits per heavy atom. The zero-order chi connectivity index (χ0) is 52.2. The molecule has 0 aromatic heterocycles. The van der Waals surface area contributed by atoms with Crippen molar-refractivity contribution in [3.63, 3.8) is 0 Å². The molecule has 0 aromatic carbocycles. The SMILES string of the molecule is CCCCCC(N)CC/C=C/C(C)(C)CC(C)(C)C(=O)OCC(COC(=O)C(C)(C)CC(C)(C)/C=C/CC(O)C(CI)CCCCC)OC(=O)C(C)(C)CC(C)(C)/C=C/CCC(N)CCCCC. The highest BCUT2D eigenvalue weighted by Gasteiger charge is 2.40. The summed E-state index contributed by atoms with van der Waals surface area (Å²) < 4.78 is 19.0. The molecule has 5 unspecified atom stereocenters. The van der Waals surface area contributed by atoms with E-state index in [4.69, 9.17) is 25.7 Å². The number of ether oxygens (including phenoxy) is 3. The van der Waals surface area contributed by atoms with Gasteiger partial charge in [0.1, 0.15) is 13.2 Å². The predicted octanol–water partition coefficient (Wildman–Crippen LogP) is 14.7. The number of nitrogens with two attached hydrogens (primary N) is 2. The molecule has 68 heavy (non-hydrogen) atoms. The number of hydrogen-bond donors (Lipinski definition) is 3. The fourth-order valence-electron chi connectivity index (χ4n) is 9.74. The van der Waals surface area contributed by atoms with Crippen molar-refractivity contribution in [3.05, 3.63) is 36.5 Å². The number of esters is 3. The van der Waals surface area contributed by atoms with Crippen LogP contribution in [0.15, 0.2) is 36.5 Å². The van der Waals surface area contributed by atoms with Crippen LogP contribution in [0.25, 0.3) is 0 Å². The summed E-state index contributed by atoms with van der Waals surface area (Å²) in [4.78, 5) is 41.8. The number of aliphatic hydroxyl groups excluding tert-OH is 1. The summed E-state index contributed by atoms with van der Waals surface area (Å²) >= 11 is 2.37. The molecular formula is C58H107IN2O7. The number of carbonyl (C=O) groups is 3. The van der Waals surface area contributed by atoms with Crippen molar-refractivity contribution >= 4 is 40.5 Å². The van der Waals surface area contributed by atoms with Crippen molar-refractivity contribution in [3.8, 4) is 0 Å². The van der Waals surface area contributed by atoms with Crippen LogP contribution < -0.4 is 11.5 Å². The molecule has 0 heterocycles. The van der Waals surface area contributed by atoms with Gasteiger partial charge in [-0.25, -0.2) is 0 Å². The molecule has 10 heteroatoms. The van der Waals surface area contributed by atoms with Crippen LogP contribution in [0.5, 0.6) is 0 Å². The number of alkyl halides is 1. The number of halogens is 1. The maximum atomic E-state index is 14.1. The monoisotopic (exact) mass is 1070 g/mol. The second kappa shape index (κ2) is 33.1. The van der Waals surface area contributed by atoms with E-state index in [2.05, 4.69) is 115 Å². The van der Waals surface area contributed by atoms with Crippen LogP contribution in [0.2, 0.25) is 0 Å². The van der Waals surface area contributed by atoms with Crippen LogP contribution in [0.3, 0.4) is 0 Å². The van der Waals surface area contributed by atoms with Gasteiger partial charge in [-0.2, -0.15) is 0 Å². The van der Waals surface area contributed by atoms with E-state index in [0.29, 0.717) is 25.7 Å².